The summed E-state index contributed by atoms with van der Waals surface area (Å²) in [6.07, 6.45) is 1.65. The van der Waals surface area contributed by atoms with Crippen LogP contribution in [0.5, 0.6) is 0 Å². The van der Waals surface area contributed by atoms with Crippen LogP contribution in [-0.4, -0.2) is 15.7 Å². The van der Waals surface area contributed by atoms with Gasteiger partial charge in [0.1, 0.15) is 11.6 Å². The van der Waals surface area contributed by atoms with Gasteiger partial charge in [-0.1, -0.05) is 23.7 Å². The second-order valence-electron chi connectivity index (χ2n) is 5.10. The first-order valence-corrected chi connectivity index (χ1v) is 7.43. The van der Waals surface area contributed by atoms with Gasteiger partial charge in [-0.3, -0.25) is 9.48 Å². The van der Waals surface area contributed by atoms with Crippen molar-refractivity contribution in [2.45, 2.75) is 6.54 Å². The summed E-state index contributed by atoms with van der Waals surface area (Å²) in [5.41, 5.74) is 0.898. The largest absolute Gasteiger partial charge is 0.305 e. The molecule has 1 amide bonds. The number of nitrogens with zero attached hydrogens (tertiary/aromatic N) is 2. The van der Waals surface area contributed by atoms with Gasteiger partial charge in [-0.25, -0.2) is 8.78 Å². The second kappa shape index (κ2) is 6.80. The van der Waals surface area contributed by atoms with Crippen molar-refractivity contribution in [2.24, 2.45) is 0 Å². The van der Waals surface area contributed by atoms with Crippen molar-refractivity contribution in [3.05, 3.63) is 82.5 Å². The molecule has 2 aromatic carbocycles. The molecule has 4 nitrogen and oxygen atoms in total. The van der Waals surface area contributed by atoms with Crippen LogP contribution in [0.1, 0.15) is 15.9 Å². The SMILES string of the molecule is O=C(Nc1ccn(Cc2ccc(F)cc2Cl)n1)c1cccc(F)c1. The molecule has 0 saturated heterocycles. The van der Waals surface area contributed by atoms with Crippen molar-refractivity contribution in [3.8, 4) is 0 Å². The molecule has 3 rings (SSSR count). The number of hydrogen-bond donors (Lipinski definition) is 1. The van der Waals surface area contributed by atoms with Crippen molar-refractivity contribution >= 4 is 23.3 Å². The molecule has 24 heavy (non-hydrogen) atoms. The van der Waals surface area contributed by atoms with Crippen LogP contribution >= 0.6 is 11.6 Å². The molecule has 0 aliphatic carbocycles. The van der Waals surface area contributed by atoms with Crippen LogP contribution < -0.4 is 5.32 Å². The molecule has 0 atom stereocenters. The van der Waals surface area contributed by atoms with Gasteiger partial charge in [0.05, 0.1) is 6.54 Å². The van der Waals surface area contributed by atoms with E-state index < -0.39 is 17.5 Å². The van der Waals surface area contributed by atoms with Gasteiger partial charge in [0.25, 0.3) is 5.91 Å². The maximum atomic E-state index is 13.1. The maximum absolute atomic E-state index is 13.1. The van der Waals surface area contributed by atoms with E-state index in [2.05, 4.69) is 10.4 Å². The third-order valence-electron chi connectivity index (χ3n) is 3.32. The molecule has 1 heterocycles. The molecular weight excluding hydrogens is 336 g/mol. The summed E-state index contributed by atoms with van der Waals surface area (Å²) in [5.74, 6) is -1.03. The molecule has 0 aliphatic heterocycles. The van der Waals surface area contributed by atoms with Gasteiger partial charge < -0.3 is 5.32 Å². The predicted octanol–water partition coefficient (Wildman–Crippen LogP) is 4.12. The number of carbonyl (C=O) groups is 1. The fraction of sp³-hybridized carbons (Fsp3) is 0.0588. The third-order valence-corrected chi connectivity index (χ3v) is 3.67. The van der Waals surface area contributed by atoms with Crippen molar-refractivity contribution in [2.75, 3.05) is 5.32 Å². The minimum absolute atomic E-state index is 0.200. The van der Waals surface area contributed by atoms with Gasteiger partial charge >= 0.3 is 0 Å². The van der Waals surface area contributed by atoms with Crippen molar-refractivity contribution in [3.63, 3.8) is 0 Å². The van der Waals surface area contributed by atoms with Crippen molar-refractivity contribution in [1.82, 2.24) is 9.78 Å². The zero-order chi connectivity index (χ0) is 17.1. The Labute approximate surface area is 141 Å². The summed E-state index contributed by atoms with van der Waals surface area (Å²) in [6, 6.07) is 11.1. The number of benzene rings is 2. The average molecular weight is 348 g/mol. The fourth-order valence-electron chi connectivity index (χ4n) is 2.16. The van der Waals surface area contributed by atoms with E-state index in [9.17, 15) is 13.6 Å². The molecule has 1 N–H and O–H groups in total. The zero-order valence-corrected chi connectivity index (χ0v) is 13.1. The van der Waals surface area contributed by atoms with Crippen LogP contribution in [-0.2, 0) is 6.54 Å². The molecule has 0 fully saturated rings. The quantitative estimate of drug-likeness (QED) is 0.772. The number of halogens is 3. The van der Waals surface area contributed by atoms with E-state index in [1.54, 1.807) is 23.0 Å². The van der Waals surface area contributed by atoms with E-state index in [0.29, 0.717) is 22.9 Å². The Hall–Kier alpha value is -2.73. The minimum Gasteiger partial charge on any atom is -0.305 e. The van der Waals surface area contributed by atoms with E-state index in [0.717, 1.165) is 6.07 Å². The fourth-order valence-corrected chi connectivity index (χ4v) is 2.39. The molecule has 122 valence electrons. The number of aromatic nitrogens is 2. The van der Waals surface area contributed by atoms with Crippen molar-refractivity contribution < 1.29 is 13.6 Å². The van der Waals surface area contributed by atoms with Gasteiger partial charge in [-0.15, -0.1) is 0 Å². The summed E-state index contributed by atoms with van der Waals surface area (Å²) in [5, 5.41) is 7.08. The Morgan fingerprint density at radius 2 is 1.92 bits per heavy atom. The second-order valence-corrected chi connectivity index (χ2v) is 5.51. The summed E-state index contributed by atoms with van der Waals surface area (Å²) < 4.78 is 27.7. The first-order valence-electron chi connectivity index (χ1n) is 7.05. The molecule has 0 unspecified atom stereocenters. The summed E-state index contributed by atoms with van der Waals surface area (Å²) in [4.78, 5) is 12.0. The van der Waals surface area contributed by atoms with E-state index >= 15 is 0 Å². The standard InChI is InChI=1S/C17H12ClF2N3O/c18-15-9-14(20)5-4-12(15)10-23-7-6-16(22-23)21-17(24)11-2-1-3-13(19)8-11/h1-9H,10H2,(H,21,22,24). The first kappa shape index (κ1) is 16.1. The van der Waals surface area contributed by atoms with Crippen molar-refractivity contribution in [1.29, 1.82) is 0 Å². The van der Waals surface area contributed by atoms with Gasteiger partial charge in [0, 0.05) is 22.8 Å². The van der Waals surface area contributed by atoms with Crippen LogP contribution in [0.15, 0.2) is 54.7 Å². The number of carbonyl (C=O) groups excluding carboxylic acids is 1. The molecule has 0 spiro atoms. The number of hydrogen-bond acceptors (Lipinski definition) is 2. The monoisotopic (exact) mass is 347 g/mol. The number of amides is 1. The summed E-state index contributed by atoms with van der Waals surface area (Å²) >= 11 is 5.98. The van der Waals surface area contributed by atoms with Gasteiger partial charge in [-0.05, 0) is 35.9 Å². The highest BCUT2D eigenvalue weighted by atomic mass is 35.5. The number of nitrogens with one attached hydrogen (secondary N) is 1. The average Bonchev–Trinajstić information content (AvgIpc) is 2.97. The molecule has 7 heteroatoms. The third kappa shape index (κ3) is 3.78. The normalized spacial score (nSPS) is 10.6. The zero-order valence-electron chi connectivity index (χ0n) is 12.3. The lowest BCUT2D eigenvalue weighted by Gasteiger charge is -2.05. The van der Waals surface area contributed by atoms with E-state index in [4.69, 9.17) is 11.6 Å². The lowest BCUT2D eigenvalue weighted by atomic mass is 10.2. The molecule has 0 radical (unpaired) electrons. The van der Waals surface area contributed by atoms with Crippen LogP contribution in [0.4, 0.5) is 14.6 Å². The van der Waals surface area contributed by atoms with E-state index in [-0.39, 0.29) is 5.56 Å². The van der Waals surface area contributed by atoms with Crippen LogP contribution in [0.3, 0.4) is 0 Å². The van der Waals surface area contributed by atoms with Crippen LogP contribution in [0.25, 0.3) is 0 Å². The molecule has 0 bridgehead atoms. The number of rotatable bonds is 4. The predicted molar refractivity (Wildman–Crippen MR) is 87.1 cm³/mol. The van der Waals surface area contributed by atoms with E-state index in [1.165, 1.54) is 30.3 Å². The molecule has 3 aromatic rings. The van der Waals surface area contributed by atoms with Gasteiger partial charge in [0.15, 0.2) is 5.82 Å². The first-order chi connectivity index (χ1) is 11.5. The topological polar surface area (TPSA) is 46.9 Å². The highest BCUT2D eigenvalue weighted by Crippen LogP contribution is 2.18. The molecule has 0 saturated carbocycles. The number of anilines is 1. The highest BCUT2D eigenvalue weighted by molar-refractivity contribution is 6.31. The summed E-state index contributed by atoms with van der Waals surface area (Å²) in [7, 11) is 0. The Bertz CT molecular complexity index is 895. The Morgan fingerprint density at radius 3 is 2.67 bits per heavy atom. The van der Waals surface area contributed by atoms with E-state index in [1.807, 2.05) is 0 Å². The Balaban J connectivity index is 1.70. The maximum Gasteiger partial charge on any atom is 0.256 e. The Morgan fingerprint density at radius 1 is 1.12 bits per heavy atom. The van der Waals surface area contributed by atoms with Crippen LogP contribution in [0.2, 0.25) is 5.02 Å². The lowest BCUT2D eigenvalue weighted by molar-refractivity contribution is 0.102. The smallest absolute Gasteiger partial charge is 0.256 e. The molecule has 1 aromatic heterocycles. The summed E-state index contributed by atoms with van der Waals surface area (Å²) in [6.45, 7) is 0.328. The molecular formula is C17H12ClF2N3O. The Kier molecular flexibility index (Phi) is 4.57. The minimum atomic E-state index is -0.487. The van der Waals surface area contributed by atoms with Gasteiger partial charge in [0.2, 0.25) is 0 Å². The van der Waals surface area contributed by atoms with Gasteiger partial charge in [-0.2, -0.15) is 5.10 Å². The highest BCUT2D eigenvalue weighted by Gasteiger charge is 2.10. The lowest BCUT2D eigenvalue weighted by Crippen LogP contribution is -2.13. The van der Waals surface area contributed by atoms with Crippen LogP contribution in [0, 0.1) is 11.6 Å². The molecule has 0 aliphatic rings.